The highest BCUT2D eigenvalue weighted by Crippen LogP contribution is 2.31. The summed E-state index contributed by atoms with van der Waals surface area (Å²) in [4.78, 5) is 28.4. The quantitative estimate of drug-likeness (QED) is 0.778. The highest BCUT2D eigenvalue weighted by atomic mass is 16.2. The number of hydrogen-bond donors (Lipinski definition) is 0. The van der Waals surface area contributed by atoms with Crippen LogP contribution in [0.15, 0.2) is 0 Å². The third-order valence-electron chi connectivity index (χ3n) is 4.70. The number of hydrogen-bond acceptors (Lipinski definition) is 3. The summed E-state index contributed by atoms with van der Waals surface area (Å²) in [6.07, 6.45) is 4.28. The molecule has 0 N–H and O–H groups in total. The van der Waals surface area contributed by atoms with Gasteiger partial charge in [0.25, 0.3) is 0 Å². The van der Waals surface area contributed by atoms with Crippen LogP contribution in [-0.2, 0) is 9.59 Å². The molecule has 1 aliphatic heterocycles. The van der Waals surface area contributed by atoms with E-state index in [0.717, 1.165) is 51.9 Å². The van der Waals surface area contributed by atoms with Gasteiger partial charge in [0.1, 0.15) is 5.78 Å². The minimum absolute atomic E-state index is 0.171. The van der Waals surface area contributed by atoms with E-state index >= 15 is 0 Å². The van der Waals surface area contributed by atoms with Crippen molar-refractivity contribution in [3.05, 3.63) is 0 Å². The predicted octanol–water partition coefficient (Wildman–Crippen LogP) is 1.55. The zero-order chi connectivity index (χ0) is 13.8. The molecule has 1 saturated carbocycles. The molecule has 0 atom stereocenters. The van der Waals surface area contributed by atoms with Crippen LogP contribution in [0.5, 0.6) is 0 Å². The number of amides is 1. The molecular formula is C15H26N2O2. The molecule has 2 aliphatic rings. The van der Waals surface area contributed by atoms with Crippen molar-refractivity contribution < 1.29 is 9.59 Å². The van der Waals surface area contributed by atoms with Crippen LogP contribution in [0.3, 0.4) is 0 Å². The summed E-state index contributed by atoms with van der Waals surface area (Å²) < 4.78 is 0. The minimum atomic E-state index is 0.171. The molecule has 0 aromatic heterocycles. The van der Waals surface area contributed by atoms with E-state index in [1.54, 1.807) is 0 Å². The van der Waals surface area contributed by atoms with Crippen LogP contribution in [0.4, 0.5) is 0 Å². The van der Waals surface area contributed by atoms with Crippen molar-refractivity contribution in [3.63, 3.8) is 0 Å². The minimum Gasteiger partial charge on any atom is -0.340 e. The maximum atomic E-state index is 12.4. The SMILES string of the molecule is CCC(=O)C1CCC(C(=O)N2CCN(C)CC2)CC1. The first-order valence-electron chi connectivity index (χ1n) is 7.61. The van der Waals surface area contributed by atoms with Gasteiger partial charge in [-0.15, -0.1) is 0 Å². The van der Waals surface area contributed by atoms with Gasteiger partial charge in [-0.2, -0.15) is 0 Å². The summed E-state index contributed by atoms with van der Waals surface area (Å²) in [5.41, 5.74) is 0. The first-order valence-corrected chi connectivity index (χ1v) is 7.61. The van der Waals surface area contributed by atoms with Crippen LogP contribution in [-0.4, -0.2) is 54.7 Å². The number of piperazine rings is 1. The molecule has 2 rings (SSSR count). The van der Waals surface area contributed by atoms with Crippen LogP contribution in [0.2, 0.25) is 0 Å². The summed E-state index contributed by atoms with van der Waals surface area (Å²) in [5.74, 6) is 1.10. The predicted molar refractivity (Wildman–Crippen MR) is 74.8 cm³/mol. The van der Waals surface area contributed by atoms with Crippen molar-refractivity contribution in [1.29, 1.82) is 0 Å². The van der Waals surface area contributed by atoms with E-state index in [1.807, 2.05) is 11.8 Å². The third kappa shape index (κ3) is 3.56. The van der Waals surface area contributed by atoms with E-state index in [1.165, 1.54) is 0 Å². The van der Waals surface area contributed by atoms with Gasteiger partial charge in [0.2, 0.25) is 5.91 Å². The molecular weight excluding hydrogens is 240 g/mol. The van der Waals surface area contributed by atoms with Crippen LogP contribution in [0, 0.1) is 11.8 Å². The Labute approximate surface area is 116 Å². The second-order valence-corrected chi connectivity index (χ2v) is 6.00. The van der Waals surface area contributed by atoms with Gasteiger partial charge in [0.15, 0.2) is 0 Å². The molecule has 0 unspecified atom stereocenters. The standard InChI is InChI=1S/C15H26N2O2/c1-3-14(18)12-4-6-13(7-5-12)15(19)17-10-8-16(2)9-11-17/h12-13H,3-11H2,1-2H3. The number of nitrogens with zero attached hydrogens (tertiary/aromatic N) is 2. The summed E-state index contributed by atoms with van der Waals surface area (Å²) in [7, 11) is 2.10. The molecule has 0 aromatic carbocycles. The lowest BCUT2D eigenvalue weighted by Crippen LogP contribution is -2.49. The largest absolute Gasteiger partial charge is 0.340 e. The van der Waals surface area contributed by atoms with Gasteiger partial charge in [-0.05, 0) is 32.7 Å². The van der Waals surface area contributed by atoms with Gasteiger partial charge in [0, 0.05) is 44.4 Å². The molecule has 4 nitrogen and oxygen atoms in total. The molecule has 1 amide bonds. The van der Waals surface area contributed by atoms with E-state index in [2.05, 4.69) is 11.9 Å². The molecule has 0 radical (unpaired) electrons. The van der Waals surface area contributed by atoms with Gasteiger partial charge in [-0.25, -0.2) is 0 Å². The van der Waals surface area contributed by atoms with Gasteiger partial charge >= 0.3 is 0 Å². The van der Waals surface area contributed by atoms with Crippen LogP contribution < -0.4 is 0 Å². The van der Waals surface area contributed by atoms with Crippen molar-refractivity contribution in [1.82, 2.24) is 9.80 Å². The van der Waals surface area contributed by atoms with Gasteiger partial charge < -0.3 is 9.80 Å². The number of rotatable bonds is 3. The fourth-order valence-corrected chi connectivity index (χ4v) is 3.24. The van der Waals surface area contributed by atoms with Crippen molar-refractivity contribution in [2.75, 3.05) is 33.2 Å². The molecule has 1 heterocycles. The maximum Gasteiger partial charge on any atom is 0.225 e. The molecule has 2 fully saturated rings. The smallest absolute Gasteiger partial charge is 0.225 e. The van der Waals surface area contributed by atoms with Crippen molar-refractivity contribution >= 4 is 11.7 Å². The van der Waals surface area contributed by atoms with E-state index in [9.17, 15) is 9.59 Å². The maximum absolute atomic E-state index is 12.4. The van der Waals surface area contributed by atoms with Crippen molar-refractivity contribution in [3.8, 4) is 0 Å². The zero-order valence-electron chi connectivity index (χ0n) is 12.2. The monoisotopic (exact) mass is 266 g/mol. The van der Waals surface area contributed by atoms with E-state index in [-0.39, 0.29) is 11.8 Å². The lowest BCUT2D eigenvalue weighted by molar-refractivity contribution is -0.139. The molecule has 1 saturated heterocycles. The van der Waals surface area contributed by atoms with E-state index in [0.29, 0.717) is 18.1 Å². The second-order valence-electron chi connectivity index (χ2n) is 6.00. The normalized spacial score (nSPS) is 29.3. The molecule has 4 heteroatoms. The number of ketones is 1. The lowest BCUT2D eigenvalue weighted by Gasteiger charge is -2.36. The summed E-state index contributed by atoms with van der Waals surface area (Å²) in [6, 6.07) is 0. The zero-order valence-corrected chi connectivity index (χ0v) is 12.2. The van der Waals surface area contributed by atoms with Crippen molar-refractivity contribution in [2.45, 2.75) is 39.0 Å². The Morgan fingerprint density at radius 2 is 1.47 bits per heavy atom. The van der Waals surface area contributed by atoms with Crippen molar-refractivity contribution in [2.24, 2.45) is 11.8 Å². The average Bonchev–Trinajstić information content (AvgIpc) is 2.46. The number of likely N-dealkylation sites (N-methyl/N-ethyl adjacent to an activating group) is 1. The van der Waals surface area contributed by atoms with Crippen LogP contribution in [0.1, 0.15) is 39.0 Å². The molecule has 1 aliphatic carbocycles. The van der Waals surface area contributed by atoms with Crippen LogP contribution in [0.25, 0.3) is 0 Å². The Balaban J connectivity index is 1.81. The Bertz CT molecular complexity index is 327. The third-order valence-corrected chi connectivity index (χ3v) is 4.70. The lowest BCUT2D eigenvalue weighted by atomic mass is 9.79. The van der Waals surface area contributed by atoms with Gasteiger partial charge in [-0.1, -0.05) is 6.92 Å². The summed E-state index contributed by atoms with van der Waals surface area (Å²) in [5, 5.41) is 0. The highest BCUT2D eigenvalue weighted by Gasteiger charge is 2.32. The first kappa shape index (κ1) is 14.5. The molecule has 108 valence electrons. The van der Waals surface area contributed by atoms with Crippen LogP contribution >= 0.6 is 0 Å². The van der Waals surface area contributed by atoms with E-state index < -0.39 is 0 Å². The van der Waals surface area contributed by atoms with Gasteiger partial charge in [-0.3, -0.25) is 9.59 Å². The first-order chi connectivity index (χ1) is 9.11. The molecule has 0 bridgehead atoms. The Morgan fingerprint density at radius 3 is 2.00 bits per heavy atom. The second kappa shape index (κ2) is 6.51. The fourth-order valence-electron chi connectivity index (χ4n) is 3.24. The van der Waals surface area contributed by atoms with E-state index in [4.69, 9.17) is 0 Å². The Kier molecular flexibility index (Phi) is 4.97. The summed E-state index contributed by atoms with van der Waals surface area (Å²) >= 11 is 0. The topological polar surface area (TPSA) is 40.6 Å². The van der Waals surface area contributed by atoms with Gasteiger partial charge in [0.05, 0.1) is 0 Å². The Morgan fingerprint density at radius 1 is 0.947 bits per heavy atom. The molecule has 19 heavy (non-hydrogen) atoms. The number of carbonyl (C=O) groups excluding carboxylic acids is 2. The summed E-state index contributed by atoms with van der Waals surface area (Å²) in [6.45, 7) is 5.63. The Hall–Kier alpha value is -0.900. The molecule has 0 spiro atoms. The molecule has 0 aromatic rings. The average molecular weight is 266 g/mol. The highest BCUT2D eigenvalue weighted by molar-refractivity contribution is 5.82. The fraction of sp³-hybridized carbons (Fsp3) is 0.867. The number of carbonyl (C=O) groups is 2. The number of Topliss-reactive ketones (excluding diaryl/α,β-unsaturated/α-hetero) is 1.